The zero-order chi connectivity index (χ0) is 22.3. The Bertz CT molecular complexity index is 385. The highest BCUT2D eigenvalue weighted by Gasteiger charge is 2.15. The van der Waals surface area contributed by atoms with Gasteiger partial charge in [-0.05, 0) is 45.2 Å². The van der Waals surface area contributed by atoms with E-state index in [9.17, 15) is 9.59 Å². The molecule has 0 amide bonds. The molecule has 0 aliphatic heterocycles. The molecule has 0 bridgehead atoms. The van der Waals surface area contributed by atoms with E-state index >= 15 is 0 Å². The summed E-state index contributed by atoms with van der Waals surface area (Å²) >= 11 is 0. The SMILES string of the molecule is CCCCCCCCCCCC[C@H](CCCC=O)OC(=O)OCCCN(CC)CC. The van der Waals surface area contributed by atoms with Crippen LogP contribution in [0.15, 0.2) is 0 Å². The van der Waals surface area contributed by atoms with Crippen LogP contribution in [0, 0.1) is 0 Å². The van der Waals surface area contributed by atoms with E-state index in [1.165, 1.54) is 57.8 Å². The number of rotatable bonds is 22. The third-order valence-corrected chi connectivity index (χ3v) is 5.72. The molecule has 0 aliphatic carbocycles. The maximum atomic E-state index is 12.0. The first-order valence-corrected chi connectivity index (χ1v) is 12.7. The fourth-order valence-corrected chi connectivity index (χ4v) is 3.70. The smallest absolute Gasteiger partial charge is 0.434 e. The minimum Gasteiger partial charge on any atom is -0.434 e. The third kappa shape index (κ3) is 18.9. The fourth-order valence-electron chi connectivity index (χ4n) is 3.70. The molecule has 178 valence electrons. The summed E-state index contributed by atoms with van der Waals surface area (Å²) in [6, 6.07) is 0. The molecule has 0 rings (SSSR count). The second-order valence-electron chi connectivity index (χ2n) is 8.29. The van der Waals surface area contributed by atoms with Crippen LogP contribution in [0.1, 0.15) is 117 Å². The average Bonchev–Trinajstić information content (AvgIpc) is 2.75. The van der Waals surface area contributed by atoms with Crippen molar-refractivity contribution in [2.75, 3.05) is 26.2 Å². The molecule has 5 nitrogen and oxygen atoms in total. The van der Waals surface area contributed by atoms with Crippen molar-refractivity contribution in [1.29, 1.82) is 0 Å². The molecule has 0 radical (unpaired) electrons. The third-order valence-electron chi connectivity index (χ3n) is 5.72. The van der Waals surface area contributed by atoms with Gasteiger partial charge >= 0.3 is 6.16 Å². The van der Waals surface area contributed by atoms with E-state index in [0.29, 0.717) is 13.0 Å². The van der Waals surface area contributed by atoms with Gasteiger partial charge in [0.05, 0.1) is 6.61 Å². The lowest BCUT2D eigenvalue weighted by Gasteiger charge is -2.19. The fraction of sp³-hybridized carbons (Fsp3) is 0.920. The van der Waals surface area contributed by atoms with Crippen molar-refractivity contribution in [2.24, 2.45) is 0 Å². The molecule has 0 aromatic carbocycles. The molecule has 0 saturated heterocycles. The Morgan fingerprint density at radius 3 is 1.93 bits per heavy atom. The van der Waals surface area contributed by atoms with Gasteiger partial charge in [0.2, 0.25) is 0 Å². The first-order chi connectivity index (χ1) is 14.7. The van der Waals surface area contributed by atoms with Gasteiger partial charge < -0.3 is 19.2 Å². The molecular weight excluding hydrogens is 378 g/mol. The minimum absolute atomic E-state index is 0.130. The summed E-state index contributed by atoms with van der Waals surface area (Å²) in [6.07, 6.45) is 16.9. The number of unbranched alkanes of at least 4 members (excludes halogenated alkanes) is 10. The molecule has 30 heavy (non-hydrogen) atoms. The van der Waals surface area contributed by atoms with Crippen molar-refractivity contribution < 1.29 is 19.1 Å². The van der Waals surface area contributed by atoms with E-state index in [0.717, 1.165) is 58.0 Å². The van der Waals surface area contributed by atoms with Gasteiger partial charge in [-0.25, -0.2) is 4.79 Å². The second-order valence-corrected chi connectivity index (χ2v) is 8.29. The molecule has 0 aromatic rings. The van der Waals surface area contributed by atoms with Gasteiger partial charge in [0.1, 0.15) is 12.4 Å². The standard InChI is InChI=1S/C25H49NO4/c1-4-7-8-9-10-11-12-13-14-15-19-24(20-16-17-22-27)30-25(28)29-23-18-21-26(5-2)6-3/h22,24H,4-21,23H2,1-3H3/t24-/m1/s1. The summed E-state index contributed by atoms with van der Waals surface area (Å²) in [5, 5.41) is 0. The van der Waals surface area contributed by atoms with E-state index in [4.69, 9.17) is 9.47 Å². The molecule has 0 aliphatic rings. The molecule has 0 fully saturated rings. The van der Waals surface area contributed by atoms with Crippen LogP contribution in [0.5, 0.6) is 0 Å². The second kappa shape index (κ2) is 22.6. The first-order valence-electron chi connectivity index (χ1n) is 12.7. The van der Waals surface area contributed by atoms with Gasteiger partial charge in [0.15, 0.2) is 0 Å². The molecular formula is C25H49NO4. The van der Waals surface area contributed by atoms with Crippen LogP contribution in [-0.2, 0) is 14.3 Å². The number of hydrogen-bond acceptors (Lipinski definition) is 5. The highest BCUT2D eigenvalue weighted by Crippen LogP contribution is 2.16. The Kier molecular flexibility index (Phi) is 21.8. The Labute approximate surface area is 186 Å². The van der Waals surface area contributed by atoms with Crippen molar-refractivity contribution in [3.8, 4) is 0 Å². The molecule has 0 N–H and O–H groups in total. The van der Waals surface area contributed by atoms with Crippen LogP contribution < -0.4 is 0 Å². The molecule has 0 spiro atoms. The number of carbonyl (C=O) groups is 2. The Balaban J connectivity index is 3.92. The summed E-state index contributed by atoms with van der Waals surface area (Å²) in [4.78, 5) is 24.9. The normalized spacial score (nSPS) is 12.1. The Morgan fingerprint density at radius 2 is 1.37 bits per heavy atom. The van der Waals surface area contributed by atoms with E-state index in [1.54, 1.807) is 0 Å². The van der Waals surface area contributed by atoms with Crippen LogP contribution in [0.2, 0.25) is 0 Å². The topological polar surface area (TPSA) is 55.8 Å². The van der Waals surface area contributed by atoms with Crippen LogP contribution in [0.4, 0.5) is 4.79 Å². The number of ether oxygens (including phenoxy) is 2. The van der Waals surface area contributed by atoms with Crippen molar-refractivity contribution in [2.45, 2.75) is 123 Å². The quantitative estimate of drug-likeness (QED) is 0.107. The van der Waals surface area contributed by atoms with E-state index in [-0.39, 0.29) is 6.10 Å². The van der Waals surface area contributed by atoms with Crippen molar-refractivity contribution in [1.82, 2.24) is 4.90 Å². The maximum absolute atomic E-state index is 12.0. The lowest BCUT2D eigenvalue weighted by atomic mass is 10.0. The Hall–Kier alpha value is -1.10. The maximum Gasteiger partial charge on any atom is 0.508 e. The predicted molar refractivity (Wildman–Crippen MR) is 125 cm³/mol. The average molecular weight is 428 g/mol. The van der Waals surface area contributed by atoms with Crippen LogP contribution >= 0.6 is 0 Å². The van der Waals surface area contributed by atoms with Gasteiger partial charge in [-0.3, -0.25) is 0 Å². The summed E-state index contributed by atoms with van der Waals surface area (Å²) in [7, 11) is 0. The number of nitrogens with zero attached hydrogens (tertiary/aromatic N) is 1. The van der Waals surface area contributed by atoms with Crippen molar-refractivity contribution >= 4 is 12.4 Å². The number of aldehydes is 1. The van der Waals surface area contributed by atoms with E-state index in [2.05, 4.69) is 25.7 Å². The van der Waals surface area contributed by atoms with Crippen LogP contribution in [0.25, 0.3) is 0 Å². The molecule has 0 heterocycles. The molecule has 0 aromatic heterocycles. The number of carbonyl (C=O) groups excluding carboxylic acids is 2. The minimum atomic E-state index is -0.558. The van der Waals surface area contributed by atoms with Crippen molar-refractivity contribution in [3.63, 3.8) is 0 Å². The zero-order valence-electron chi connectivity index (χ0n) is 20.2. The summed E-state index contributed by atoms with van der Waals surface area (Å²) in [5.74, 6) is 0. The lowest BCUT2D eigenvalue weighted by molar-refractivity contribution is -0.108. The van der Waals surface area contributed by atoms with Gasteiger partial charge in [0.25, 0.3) is 0 Å². The molecule has 0 unspecified atom stereocenters. The van der Waals surface area contributed by atoms with Crippen LogP contribution in [-0.4, -0.2) is 49.7 Å². The van der Waals surface area contributed by atoms with Gasteiger partial charge in [-0.1, -0.05) is 78.6 Å². The molecule has 1 atom stereocenters. The first kappa shape index (κ1) is 28.9. The monoisotopic (exact) mass is 427 g/mol. The number of hydrogen-bond donors (Lipinski definition) is 0. The van der Waals surface area contributed by atoms with Gasteiger partial charge in [-0.15, -0.1) is 0 Å². The van der Waals surface area contributed by atoms with E-state index in [1.807, 2.05) is 0 Å². The predicted octanol–water partition coefficient (Wildman–Crippen LogP) is 6.92. The van der Waals surface area contributed by atoms with Gasteiger partial charge in [-0.2, -0.15) is 0 Å². The highest BCUT2D eigenvalue weighted by molar-refractivity contribution is 5.60. The summed E-state index contributed by atoms with van der Waals surface area (Å²) < 4.78 is 10.8. The zero-order valence-corrected chi connectivity index (χ0v) is 20.2. The van der Waals surface area contributed by atoms with E-state index < -0.39 is 6.16 Å². The molecule has 5 heteroatoms. The lowest BCUT2D eigenvalue weighted by Crippen LogP contribution is -2.25. The summed E-state index contributed by atoms with van der Waals surface area (Å²) in [6.45, 7) is 9.88. The van der Waals surface area contributed by atoms with Crippen LogP contribution in [0.3, 0.4) is 0 Å². The Morgan fingerprint density at radius 1 is 0.800 bits per heavy atom. The summed E-state index contributed by atoms with van der Waals surface area (Å²) in [5.41, 5.74) is 0. The van der Waals surface area contributed by atoms with Crippen molar-refractivity contribution in [3.05, 3.63) is 0 Å². The van der Waals surface area contributed by atoms with Gasteiger partial charge in [0, 0.05) is 13.0 Å². The highest BCUT2D eigenvalue weighted by atomic mass is 16.7. The molecule has 0 saturated carbocycles. The largest absolute Gasteiger partial charge is 0.508 e.